The molecule has 196 valence electrons. The molecule has 1 heterocycles. The summed E-state index contributed by atoms with van der Waals surface area (Å²) in [6.07, 6.45) is 10.3. The van der Waals surface area contributed by atoms with Gasteiger partial charge >= 0.3 is 0 Å². The van der Waals surface area contributed by atoms with Gasteiger partial charge in [-0.15, -0.1) is 0 Å². The summed E-state index contributed by atoms with van der Waals surface area (Å²) in [5, 5.41) is 12.3. The molecule has 36 heavy (non-hydrogen) atoms. The fraction of sp³-hybridized carbons (Fsp3) is 0.774. The van der Waals surface area contributed by atoms with Gasteiger partial charge in [0.2, 0.25) is 0 Å². The van der Waals surface area contributed by atoms with Gasteiger partial charge in [0, 0.05) is 24.0 Å². The molecule has 4 bridgehead atoms. The maximum Gasteiger partial charge on any atom is 0.252 e. The van der Waals surface area contributed by atoms with E-state index >= 15 is 0 Å². The van der Waals surface area contributed by atoms with Crippen LogP contribution >= 0.6 is 0 Å². The lowest BCUT2D eigenvalue weighted by Crippen LogP contribution is -2.80. The molecular formula is C31H43NO4. The zero-order chi connectivity index (χ0) is 25.5. The van der Waals surface area contributed by atoms with Crippen molar-refractivity contribution in [3.05, 3.63) is 28.8 Å². The molecule has 6 aliphatic carbocycles. The average Bonchev–Trinajstić information content (AvgIpc) is 3.56. The van der Waals surface area contributed by atoms with Gasteiger partial charge in [-0.2, -0.15) is 0 Å². The largest absolute Gasteiger partial charge is 0.485 e. The Morgan fingerprint density at radius 2 is 1.92 bits per heavy atom. The van der Waals surface area contributed by atoms with Gasteiger partial charge in [0.05, 0.1) is 11.2 Å². The average molecular weight is 494 g/mol. The van der Waals surface area contributed by atoms with E-state index in [1.165, 1.54) is 36.8 Å². The van der Waals surface area contributed by atoms with E-state index in [9.17, 15) is 9.90 Å². The Hall–Kier alpha value is -1.59. The summed E-state index contributed by atoms with van der Waals surface area (Å²) in [4.78, 5) is 12.6. The quantitative estimate of drug-likeness (QED) is 0.594. The van der Waals surface area contributed by atoms with Gasteiger partial charge in [-0.1, -0.05) is 39.7 Å². The molecule has 5 saturated carbocycles. The number of hydrogen-bond acceptors (Lipinski definition) is 4. The number of rotatable bonds is 5. The lowest BCUT2D eigenvalue weighted by Gasteiger charge is -2.75. The van der Waals surface area contributed by atoms with Crippen molar-refractivity contribution in [2.75, 3.05) is 7.11 Å². The summed E-state index contributed by atoms with van der Waals surface area (Å²) in [6.45, 7) is 8.48. The molecule has 2 unspecified atom stereocenters. The minimum Gasteiger partial charge on any atom is -0.485 e. The minimum absolute atomic E-state index is 0.0445. The van der Waals surface area contributed by atoms with E-state index in [0.717, 1.165) is 49.7 Å². The Labute approximate surface area is 215 Å². The molecule has 5 fully saturated rings. The van der Waals surface area contributed by atoms with Crippen LogP contribution in [0.4, 0.5) is 0 Å². The fourth-order valence-electron chi connectivity index (χ4n) is 10.4. The molecular weight excluding hydrogens is 450 g/mol. The monoisotopic (exact) mass is 493 g/mol. The number of carbonyl (C=O) groups excluding carboxylic acids is 1. The highest BCUT2D eigenvalue weighted by molar-refractivity contribution is 5.97. The zero-order valence-corrected chi connectivity index (χ0v) is 22.7. The number of ether oxygens (including phenoxy) is 2. The Morgan fingerprint density at radius 3 is 2.56 bits per heavy atom. The molecule has 0 saturated heterocycles. The molecule has 5 nitrogen and oxygen atoms in total. The fourth-order valence-corrected chi connectivity index (χ4v) is 10.4. The van der Waals surface area contributed by atoms with Crippen molar-refractivity contribution in [1.82, 2.24) is 0 Å². The Balaban J connectivity index is 1.49. The van der Waals surface area contributed by atoms with Crippen LogP contribution in [0.2, 0.25) is 0 Å². The smallest absolute Gasteiger partial charge is 0.252 e. The topological polar surface area (TPSA) is 81.8 Å². The first-order chi connectivity index (χ1) is 16.9. The summed E-state index contributed by atoms with van der Waals surface area (Å²) in [6, 6.07) is 4.08. The summed E-state index contributed by atoms with van der Waals surface area (Å²) in [7, 11) is 1.82. The Kier molecular flexibility index (Phi) is 4.50. The number of nitrogens with two attached hydrogens (primary N) is 1. The first kappa shape index (κ1) is 23.5. The van der Waals surface area contributed by atoms with E-state index in [1.807, 2.05) is 20.1 Å². The van der Waals surface area contributed by atoms with E-state index in [4.69, 9.17) is 15.2 Å². The number of hydrogen-bond donors (Lipinski definition) is 2. The number of carbonyl (C=O) groups is 1. The third-order valence-corrected chi connectivity index (χ3v) is 12.6. The van der Waals surface area contributed by atoms with Crippen LogP contribution in [0.25, 0.3) is 0 Å². The first-order valence-corrected chi connectivity index (χ1v) is 14.3. The van der Waals surface area contributed by atoms with Crippen LogP contribution in [0.3, 0.4) is 0 Å². The van der Waals surface area contributed by atoms with Crippen LogP contribution in [0.1, 0.15) is 101 Å². The predicted molar refractivity (Wildman–Crippen MR) is 138 cm³/mol. The maximum absolute atomic E-state index is 12.6. The van der Waals surface area contributed by atoms with Gasteiger partial charge in [0.25, 0.3) is 5.91 Å². The highest BCUT2D eigenvalue weighted by Gasteiger charge is 2.82. The lowest BCUT2D eigenvalue weighted by atomic mass is 9.30. The van der Waals surface area contributed by atoms with Crippen molar-refractivity contribution in [2.24, 2.45) is 40.2 Å². The van der Waals surface area contributed by atoms with E-state index in [0.29, 0.717) is 11.5 Å². The van der Waals surface area contributed by atoms with Gasteiger partial charge in [-0.3, -0.25) is 4.79 Å². The second-order valence-electron chi connectivity index (χ2n) is 14.6. The van der Waals surface area contributed by atoms with Crippen LogP contribution in [-0.2, 0) is 16.6 Å². The Morgan fingerprint density at radius 1 is 1.17 bits per heavy atom. The van der Waals surface area contributed by atoms with E-state index in [1.54, 1.807) is 0 Å². The third kappa shape index (κ3) is 2.49. The molecule has 8 rings (SSSR count). The molecule has 1 aliphatic heterocycles. The van der Waals surface area contributed by atoms with Crippen molar-refractivity contribution in [3.8, 4) is 5.75 Å². The number of fused-ring (bicyclic) bond motifs is 2. The number of benzene rings is 1. The summed E-state index contributed by atoms with van der Waals surface area (Å²) in [5.41, 5.74) is 7.12. The second kappa shape index (κ2) is 6.88. The molecule has 5 heteroatoms. The SMILES string of the molecule is CO[C@]12CC[C@@]3(CC1[C@](C)(O)C(C)(C)C)[C@H]1Cc4ccc(C(N)=O)c5c4[C@@]3(CCC1CC1CC1)[C@H]2O5. The standard InChI is InChI=1S/C31H43NO4/c1-27(2,3)28(4,34)22-16-29-12-13-31(22,35-5)26-30(29)11-10-18(14-17-6-7-17)21(29)15-19-8-9-20(25(32)33)24(36-26)23(19)30/h8-9,17-18,21-22,26,34H,6-7,10-16H2,1-5H3,(H2,32,33)/t18?,21-,22?,26+,28-,29+,30-,31+/m0/s1. The number of primary amides is 1. The zero-order valence-electron chi connectivity index (χ0n) is 22.7. The third-order valence-electron chi connectivity index (χ3n) is 12.6. The highest BCUT2D eigenvalue weighted by Crippen LogP contribution is 2.80. The summed E-state index contributed by atoms with van der Waals surface area (Å²) >= 11 is 0. The van der Waals surface area contributed by atoms with Crippen molar-refractivity contribution in [3.63, 3.8) is 0 Å². The molecule has 1 aromatic carbocycles. The predicted octanol–water partition coefficient (Wildman–Crippen LogP) is 5.15. The molecule has 3 N–H and O–H groups in total. The lowest BCUT2D eigenvalue weighted by molar-refractivity contribution is -0.314. The van der Waals surface area contributed by atoms with Crippen molar-refractivity contribution < 1.29 is 19.4 Å². The minimum atomic E-state index is -0.927. The normalized spacial score (nSPS) is 43.5. The number of aliphatic hydroxyl groups is 1. The number of amides is 1. The van der Waals surface area contributed by atoms with Crippen molar-refractivity contribution in [1.29, 1.82) is 0 Å². The van der Waals surface area contributed by atoms with Crippen LogP contribution in [0, 0.1) is 34.5 Å². The first-order valence-electron chi connectivity index (χ1n) is 14.3. The van der Waals surface area contributed by atoms with Gasteiger partial charge in [0.15, 0.2) is 0 Å². The van der Waals surface area contributed by atoms with Gasteiger partial charge in [0.1, 0.15) is 17.5 Å². The van der Waals surface area contributed by atoms with Gasteiger partial charge in [-0.05, 0) is 92.1 Å². The highest BCUT2D eigenvalue weighted by atomic mass is 16.6. The molecule has 7 aliphatic rings. The Bertz CT molecular complexity index is 1150. The van der Waals surface area contributed by atoms with E-state index < -0.39 is 17.1 Å². The summed E-state index contributed by atoms with van der Waals surface area (Å²) < 4.78 is 13.6. The molecule has 0 aromatic heterocycles. The van der Waals surface area contributed by atoms with Crippen LogP contribution < -0.4 is 10.5 Å². The molecule has 2 spiro atoms. The van der Waals surface area contributed by atoms with Crippen LogP contribution in [0.15, 0.2) is 12.1 Å². The molecule has 1 amide bonds. The maximum atomic E-state index is 12.6. The number of methoxy groups -OCH3 is 1. The molecule has 8 atom stereocenters. The molecule has 0 radical (unpaired) electrons. The summed E-state index contributed by atoms with van der Waals surface area (Å²) in [5.74, 6) is 2.49. The van der Waals surface area contributed by atoms with E-state index in [-0.39, 0.29) is 28.3 Å². The second-order valence-corrected chi connectivity index (χ2v) is 14.6. The van der Waals surface area contributed by atoms with Crippen LogP contribution in [0.5, 0.6) is 5.75 Å². The van der Waals surface area contributed by atoms with Gasteiger partial charge < -0.3 is 20.3 Å². The van der Waals surface area contributed by atoms with Crippen molar-refractivity contribution >= 4 is 5.91 Å². The van der Waals surface area contributed by atoms with Crippen LogP contribution in [-0.4, -0.2) is 35.4 Å². The van der Waals surface area contributed by atoms with Crippen molar-refractivity contribution in [2.45, 2.75) is 108 Å². The van der Waals surface area contributed by atoms with E-state index in [2.05, 4.69) is 26.8 Å². The molecule has 1 aromatic rings. The van der Waals surface area contributed by atoms with Gasteiger partial charge in [-0.25, -0.2) is 0 Å².